The van der Waals surface area contributed by atoms with Crippen LogP contribution in [0, 0.1) is 5.92 Å². The Balaban J connectivity index is 1.52. The van der Waals surface area contributed by atoms with Crippen LogP contribution in [0.1, 0.15) is 63.1 Å². The summed E-state index contributed by atoms with van der Waals surface area (Å²) in [4.78, 5) is 1.09. The third-order valence-electron chi connectivity index (χ3n) is 6.79. The van der Waals surface area contributed by atoms with Gasteiger partial charge in [0.05, 0.1) is 24.5 Å². The third-order valence-corrected chi connectivity index (χ3v) is 7.95. The van der Waals surface area contributed by atoms with E-state index in [1.807, 2.05) is 26.0 Å². The molecule has 0 bridgehead atoms. The van der Waals surface area contributed by atoms with Crippen molar-refractivity contribution in [3.8, 4) is 5.75 Å². The minimum absolute atomic E-state index is 0.0414. The summed E-state index contributed by atoms with van der Waals surface area (Å²) in [6.45, 7) is 8.15. The van der Waals surface area contributed by atoms with Gasteiger partial charge in [-0.05, 0) is 99.2 Å². The molecule has 1 fully saturated rings. The summed E-state index contributed by atoms with van der Waals surface area (Å²) in [5.74, 6) is 1.29. The van der Waals surface area contributed by atoms with Crippen LogP contribution < -0.4 is 9.04 Å². The van der Waals surface area contributed by atoms with Gasteiger partial charge < -0.3 is 24.0 Å². The number of rotatable bonds is 8. The molecule has 2 aliphatic rings. The van der Waals surface area contributed by atoms with Crippen molar-refractivity contribution in [2.24, 2.45) is 5.92 Å². The molecule has 0 saturated carbocycles. The number of nitrogens with zero attached hydrogens (tertiary/aromatic N) is 1. The van der Waals surface area contributed by atoms with Crippen LogP contribution in [0.3, 0.4) is 0 Å². The quantitative estimate of drug-likeness (QED) is 0.499. The average molecular weight is 472 g/mol. The Hall–Kier alpha value is -1.73. The zero-order valence-electron chi connectivity index (χ0n) is 20.0. The molecule has 2 aromatic rings. The van der Waals surface area contributed by atoms with Gasteiger partial charge in [-0.15, -0.1) is 0 Å². The van der Waals surface area contributed by atoms with E-state index in [1.165, 1.54) is 11.3 Å². The number of aliphatic hydroxyl groups excluding tert-OH is 1. The van der Waals surface area contributed by atoms with Gasteiger partial charge in [0, 0.05) is 29.7 Å². The highest BCUT2D eigenvalue weighted by molar-refractivity contribution is 8.00. The van der Waals surface area contributed by atoms with E-state index in [4.69, 9.17) is 9.47 Å². The standard InChI is InChI=1S/C27H37NO4S/c1-4-23-7-5-20-15-22(27(2,3)30)6-9-25(20)28(23)33-24-8-10-26(21(16-24)17-29)32-18-19-11-13-31-14-12-19/h6,8-10,15-16,19,23,29-30H,4-5,7,11-14,17-18H2,1-3H3. The molecule has 0 amide bonds. The van der Waals surface area contributed by atoms with Crippen molar-refractivity contribution in [3.63, 3.8) is 0 Å². The van der Waals surface area contributed by atoms with Gasteiger partial charge in [0.25, 0.3) is 0 Å². The Morgan fingerprint density at radius 1 is 1.12 bits per heavy atom. The molecule has 0 aromatic heterocycles. The lowest BCUT2D eigenvalue weighted by atomic mass is 9.90. The molecule has 180 valence electrons. The van der Waals surface area contributed by atoms with Crippen molar-refractivity contribution in [2.45, 2.75) is 76.0 Å². The molecule has 1 atom stereocenters. The van der Waals surface area contributed by atoms with Crippen molar-refractivity contribution in [2.75, 3.05) is 24.1 Å². The van der Waals surface area contributed by atoms with Gasteiger partial charge in [0.2, 0.25) is 0 Å². The molecule has 0 radical (unpaired) electrons. The van der Waals surface area contributed by atoms with E-state index in [0.29, 0.717) is 18.6 Å². The van der Waals surface area contributed by atoms with E-state index in [-0.39, 0.29) is 6.61 Å². The molecule has 1 unspecified atom stereocenters. The summed E-state index contributed by atoms with van der Waals surface area (Å²) in [6.07, 6.45) is 5.24. The normalized spacial score (nSPS) is 19.4. The number of anilines is 1. The van der Waals surface area contributed by atoms with E-state index >= 15 is 0 Å². The fourth-order valence-electron chi connectivity index (χ4n) is 4.62. The zero-order valence-corrected chi connectivity index (χ0v) is 20.9. The highest BCUT2D eigenvalue weighted by Gasteiger charge is 2.28. The number of aliphatic hydroxyl groups is 2. The lowest BCUT2D eigenvalue weighted by molar-refractivity contribution is 0.0494. The first kappa shape index (κ1) is 24.4. The van der Waals surface area contributed by atoms with Gasteiger partial charge in [-0.3, -0.25) is 0 Å². The molecule has 0 spiro atoms. The highest BCUT2D eigenvalue weighted by atomic mass is 32.2. The summed E-state index contributed by atoms with van der Waals surface area (Å²) in [7, 11) is 0. The Bertz CT molecular complexity index is 936. The van der Waals surface area contributed by atoms with Gasteiger partial charge in [-0.1, -0.05) is 19.1 Å². The van der Waals surface area contributed by atoms with Crippen LogP contribution in [0.5, 0.6) is 5.75 Å². The Kier molecular flexibility index (Phi) is 7.90. The summed E-state index contributed by atoms with van der Waals surface area (Å²) < 4.78 is 13.9. The van der Waals surface area contributed by atoms with E-state index < -0.39 is 5.60 Å². The number of fused-ring (bicyclic) bond motifs is 1. The van der Waals surface area contributed by atoms with Crippen LogP contribution in [0.25, 0.3) is 0 Å². The molecule has 6 heteroatoms. The van der Waals surface area contributed by atoms with E-state index in [1.54, 1.807) is 11.9 Å². The summed E-state index contributed by atoms with van der Waals surface area (Å²) >= 11 is 1.73. The van der Waals surface area contributed by atoms with Gasteiger partial charge in [0.15, 0.2) is 0 Å². The van der Waals surface area contributed by atoms with Gasteiger partial charge in [0.1, 0.15) is 5.75 Å². The third kappa shape index (κ3) is 5.86. The number of ether oxygens (including phenoxy) is 2. The predicted octanol–water partition coefficient (Wildman–Crippen LogP) is 5.45. The summed E-state index contributed by atoms with van der Waals surface area (Å²) in [5, 5.41) is 20.4. The van der Waals surface area contributed by atoms with Gasteiger partial charge in [-0.2, -0.15) is 0 Å². The lowest BCUT2D eigenvalue weighted by Gasteiger charge is -2.38. The SMILES string of the molecule is CCC1CCc2cc(C(C)(C)O)ccc2N1Sc1ccc(OCC2CCOCC2)c(CO)c1. The summed E-state index contributed by atoms with van der Waals surface area (Å²) in [5.41, 5.74) is 3.44. The highest BCUT2D eigenvalue weighted by Crippen LogP contribution is 2.42. The first-order chi connectivity index (χ1) is 15.9. The van der Waals surface area contributed by atoms with Crippen LogP contribution >= 0.6 is 11.9 Å². The second-order valence-electron chi connectivity index (χ2n) is 9.71. The number of hydrogen-bond donors (Lipinski definition) is 2. The fourth-order valence-corrected chi connectivity index (χ4v) is 5.85. The lowest BCUT2D eigenvalue weighted by Crippen LogP contribution is -2.34. The zero-order chi connectivity index (χ0) is 23.4. The van der Waals surface area contributed by atoms with Crippen molar-refractivity contribution in [1.29, 1.82) is 0 Å². The molecular weight excluding hydrogens is 434 g/mol. The number of hydrogen-bond acceptors (Lipinski definition) is 6. The van der Waals surface area contributed by atoms with E-state index in [2.05, 4.69) is 35.5 Å². The Labute approximate surface area is 202 Å². The topological polar surface area (TPSA) is 62.2 Å². The minimum Gasteiger partial charge on any atom is -0.493 e. The maximum atomic E-state index is 10.4. The average Bonchev–Trinajstić information content (AvgIpc) is 2.83. The minimum atomic E-state index is -0.842. The van der Waals surface area contributed by atoms with Crippen molar-refractivity contribution in [1.82, 2.24) is 0 Å². The van der Waals surface area contributed by atoms with Crippen molar-refractivity contribution >= 4 is 17.6 Å². The monoisotopic (exact) mass is 471 g/mol. The van der Waals surface area contributed by atoms with Gasteiger partial charge in [-0.25, -0.2) is 0 Å². The molecule has 2 aliphatic heterocycles. The Morgan fingerprint density at radius 2 is 1.91 bits per heavy atom. The molecule has 0 aliphatic carbocycles. The molecule has 4 rings (SSSR count). The van der Waals surface area contributed by atoms with Crippen LogP contribution in [0.4, 0.5) is 5.69 Å². The molecule has 2 N–H and O–H groups in total. The number of aryl methyl sites for hydroxylation is 1. The molecular formula is C27H37NO4S. The molecule has 2 aromatic carbocycles. The fraction of sp³-hybridized carbons (Fsp3) is 0.556. The second kappa shape index (κ2) is 10.7. The molecule has 1 saturated heterocycles. The smallest absolute Gasteiger partial charge is 0.124 e. The van der Waals surface area contributed by atoms with Crippen LogP contribution in [-0.2, 0) is 23.4 Å². The van der Waals surface area contributed by atoms with Crippen molar-refractivity contribution < 1.29 is 19.7 Å². The maximum absolute atomic E-state index is 10.4. The largest absolute Gasteiger partial charge is 0.493 e. The first-order valence-corrected chi connectivity index (χ1v) is 12.9. The molecule has 2 heterocycles. The Morgan fingerprint density at radius 3 is 2.61 bits per heavy atom. The summed E-state index contributed by atoms with van der Waals surface area (Å²) in [6, 6.07) is 12.9. The molecule has 33 heavy (non-hydrogen) atoms. The maximum Gasteiger partial charge on any atom is 0.124 e. The van der Waals surface area contributed by atoms with E-state index in [9.17, 15) is 10.2 Å². The van der Waals surface area contributed by atoms with Crippen LogP contribution in [-0.4, -0.2) is 36.1 Å². The predicted molar refractivity (Wildman–Crippen MR) is 134 cm³/mol. The first-order valence-electron chi connectivity index (χ1n) is 12.2. The number of benzene rings is 2. The van der Waals surface area contributed by atoms with Gasteiger partial charge >= 0.3 is 0 Å². The molecule has 5 nitrogen and oxygen atoms in total. The van der Waals surface area contributed by atoms with E-state index in [0.717, 1.165) is 67.1 Å². The van der Waals surface area contributed by atoms with Crippen molar-refractivity contribution in [3.05, 3.63) is 53.1 Å². The van der Waals surface area contributed by atoms with Crippen LogP contribution in [0.2, 0.25) is 0 Å². The second-order valence-corrected chi connectivity index (χ2v) is 10.8. The van der Waals surface area contributed by atoms with Crippen LogP contribution in [0.15, 0.2) is 41.3 Å².